The second-order valence-electron chi connectivity index (χ2n) is 8.59. The number of unbranched alkanes of at least 4 members (excludes halogenated alkanes) is 8. The van der Waals surface area contributed by atoms with Crippen LogP contribution in [-0.2, 0) is 9.59 Å². The topological polar surface area (TPSA) is 96.9 Å². The molecule has 0 spiro atoms. The van der Waals surface area contributed by atoms with Crippen molar-refractivity contribution in [2.24, 2.45) is 5.10 Å². The van der Waals surface area contributed by atoms with Gasteiger partial charge >= 0.3 is 5.97 Å². The minimum Gasteiger partial charge on any atom is -0.423 e. The van der Waals surface area contributed by atoms with E-state index in [2.05, 4.69) is 45.4 Å². The van der Waals surface area contributed by atoms with Crippen LogP contribution in [0.2, 0.25) is 0 Å². The molecule has 0 aliphatic rings. The molecule has 0 saturated carbocycles. The smallest absolute Gasteiger partial charge is 0.344 e. The van der Waals surface area contributed by atoms with E-state index >= 15 is 0 Å². The number of carbonyl (C=O) groups excluding carboxylic acids is 3. The van der Waals surface area contributed by atoms with Gasteiger partial charge in [0.05, 0.1) is 18.3 Å². The third-order valence-corrected chi connectivity index (χ3v) is 6.48. The summed E-state index contributed by atoms with van der Waals surface area (Å²) < 4.78 is 6.22. The van der Waals surface area contributed by atoms with Crippen molar-refractivity contribution in [3.8, 4) is 5.75 Å². The molecule has 0 unspecified atom stereocenters. The summed E-state index contributed by atoms with van der Waals surface area (Å²) in [6, 6.07) is 14.0. The number of amides is 2. The average molecular weight is 606 g/mol. The normalized spacial score (nSPS) is 10.8. The molecule has 0 saturated heterocycles. The molecule has 7 nitrogen and oxygen atoms in total. The van der Waals surface area contributed by atoms with Gasteiger partial charge in [-0.25, -0.2) is 10.2 Å². The number of esters is 1. The Hall–Kier alpha value is -2.75. The van der Waals surface area contributed by atoms with Crippen molar-refractivity contribution >= 4 is 46.6 Å². The molecule has 2 amide bonds. The van der Waals surface area contributed by atoms with Gasteiger partial charge in [-0.3, -0.25) is 9.59 Å². The number of carbonyl (C=O) groups is 3. The van der Waals surface area contributed by atoms with Gasteiger partial charge in [0.15, 0.2) is 0 Å². The van der Waals surface area contributed by atoms with E-state index in [4.69, 9.17) is 4.74 Å². The lowest BCUT2D eigenvalue weighted by atomic mass is 10.1. The SMILES string of the molecule is CCCCCCCCCCCC(=O)NCC(=O)NN=Cc1ccc(OC(=O)c2ccccc2I)cc1. The number of hydrazone groups is 1. The first kappa shape index (κ1) is 29.5. The van der Waals surface area contributed by atoms with Gasteiger partial charge in [-0.1, -0.05) is 70.4 Å². The minimum atomic E-state index is -0.423. The second-order valence-corrected chi connectivity index (χ2v) is 9.75. The maximum Gasteiger partial charge on any atom is 0.344 e. The van der Waals surface area contributed by atoms with Crippen LogP contribution < -0.4 is 15.5 Å². The highest BCUT2D eigenvalue weighted by Crippen LogP contribution is 2.17. The Morgan fingerprint density at radius 3 is 2.17 bits per heavy atom. The van der Waals surface area contributed by atoms with E-state index in [1.54, 1.807) is 36.4 Å². The molecular formula is C28H36IN3O4. The molecule has 0 heterocycles. The minimum absolute atomic E-state index is 0.110. The first-order chi connectivity index (χ1) is 17.5. The molecular weight excluding hydrogens is 569 g/mol. The van der Waals surface area contributed by atoms with Crippen molar-refractivity contribution < 1.29 is 19.1 Å². The molecule has 0 aliphatic heterocycles. The fourth-order valence-electron chi connectivity index (χ4n) is 3.49. The van der Waals surface area contributed by atoms with Gasteiger partial charge in [0, 0.05) is 9.99 Å². The zero-order chi connectivity index (χ0) is 26.0. The van der Waals surface area contributed by atoms with Crippen LogP contribution in [0.3, 0.4) is 0 Å². The van der Waals surface area contributed by atoms with Gasteiger partial charge in [-0.15, -0.1) is 0 Å². The summed E-state index contributed by atoms with van der Waals surface area (Å²) in [5.74, 6) is -0.522. The van der Waals surface area contributed by atoms with Gasteiger partial charge < -0.3 is 10.1 Å². The molecule has 0 atom stereocenters. The molecule has 194 valence electrons. The Morgan fingerprint density at radius 1 is 0.861 bits per heavy atom. The van der Waals surface area contributed by atoms with Gasteiger partial charge in [0.2, 0.25) is 5.91 Å². The molecule has 2 rings (SSSR count). The number of ether oxygens (including phenoxy) is 1. The third kappa shape index (κ3) is 12.3. The summed E-state index contributed by atoms with van der Waals surface area (Å²) in [7, 11) is 0. The highest BCUT2D eigenvalue weighted by atomic mass is 127. The monoisotopic (exact) mass is 605 g/mol. The molecule has 2 N–H and O–H groups in total. The number of nitrogens with zero attached hydrogens (tertiary/aromatic N) is 1. The van der Waals surface area contributed by atoms with Crippen LogP contribution in [0, 0.1) is 3.57 Å². The maximum absolute atomic E-state index is 12.3. The molecule has 0 bridgehead atoms. The van der Waals surface area contributed by atoms with Crippen molar-refractivity contribution in [1.82, 2.24) is 10.7 Å². The van der Waals surface area contributed by atoms with Crippen LogP contribution in [0.1, 0.15) is 87.1 Å². The summed E-state index contributed by atoms with van der Waals surface area (Å²) in [6.07, 6.45) is 12.7. The molecule has 0 aliphatic carbocycles. The first-order valence-corrected chi connectivity index (χ1v) is 13.7. The molecule has 0 fully saturated rings. The highest BCUT2D eigenvalue weighted by molar-refractivity contribution is 14.1. The zero-order valence-corrected chi connectivity index (χ0v) is 23.1. The summed E-state index contributed by atoms with van der Waals surface area (Å²) >= 11 is 2.09. The lowest BCUT2D eigenvalue weighted by Crippen LogP contribution is -2.34. The predicted octanol–water partition coefficient (Wildman–Crippen LogP) is 6.00. The number of hydrogen-bond acceptors (Lipinski definition) is 5. The Labute approximate surface area is 227 Å². The van der Waals surface area contributed by atoms with Crippen LogP contribution in [0.25, 0.3) is 0 Å². The van der Waals surface area contributed by atoms with Gasteiger partial charge in [-0.05, 0) is 71.0 Å². The lowest BCUT2D eigenvalue weighted by Gasteiger charge is -2.06. The molecule has 36 heavy (non-hydrogen) atoms. The summed E-state index contributed by atoms with van der Waals surface area (Å²) in [6.45, 7) is 2.11. The van der Waals surface area contributed by atoms with Crippen molar-refractivity contribution in [2.75, 3.05) is 6.54 Å². The van der Waals surface area contributed by atoms with Crippen LogP contribution in [0.4, 0.5) is 0 Å². The second kappa shape index (κ2) is 17.6. The quantitative estimate of drug-likeness (QED) is 0.0613. The fraction of sp³-hybridized carbons (Fsp3) is 0.429. The predicted molar refractivity (Wildman–Crippen MR) is 151 cm³/mol. The summed E-state index contributed by atoms with van der Waals surface area (Å²) in [5.41, 5.74) is 3.62. The molecule has 2 aromatic rings. The summed E-state index contributed by atoms with van der Waals surface area (Å²) in [5, 5.41) is 6.53. The van der Waals surface area contributed by atoms with Crippen molar-refractivity contribution in [3.63, 3.8) is 0 Å². The van der Waals surface area contributed by atoms with Crippen molar-refractivity contribution in [2.45, 2.75) is 71.1 Å². The Bertz CT molecular complexity index is 993. The van der Waals surface area contributed by atoms with E-state index in [1.807, 2.05) is 12.1 Å². The zero-order valence-electron chi connectivity index (χ0n) is 20.9. The maximum atomic E-state index is 12.3. The number of hydrogen-bond donors (Lipinski definition) is 2. The van der Waals surface area contributed by atoms with Crippen molar-refractivity contribution in [1.29, 1.82) is 0 Å². The number of nitrogens with one attached hydrogen (secondary N) is 2. The van der Waals surface area contributed by atoms with E-state index in [0.29, 0.717) is 17.7 Å². The van der Waals surface area contributed by atoms with Gasteiger partial charge in [0.25, 0.3) is 5.91 Å². The standard InChI is InChI=1S/C28H36IN3O4/c1-2-3-4-5-6-7-8-9-10-15-26(33)30-21-27(34)32-31-20-22-16-18-23(19-17-22)36-28(35)24-13-11-12-14-25(24)29/h11-14,16-20H,2-10,15,21H2,1H3,(H,30,33)(H,32,34). The number of benzene rings is 2. The van der Waals surface area contributed by atoms with Crippen molar-refractivity contribution in [3.05, 3.63) is 63.2 Å². The lowest BCUT2D eigenvalue weighted by molar-refractivity contribution is -0.126. The Balaban J connectivity index is 1.59. The molecule has 8 heteroatoms. The number of rotatable bonds is 16. The number of halogens is 1. The van der Waals surface area contributed by atoms with Crippen LogP contribution in [-0.4, -0.2) is 30.5 Å². The van der Waals surface area contributed by atoms with Crippen LogP contribution in [0.5, 0.6) is 5.75 Å². The van der Waals surface area contributed by atoms with E-state index in [0.717, 1.165) is 28.4 Å². The van der Waals surface area contributed by atoms with E-state index < -0.39 is 11.9 Å². The average Bonchev–Trinajstić information content (AvgIpc) is 2.87. The molecule has 0 aromatic heterocycles. The first-order valence-electron chi connectivity index (χ1n) is 12.6. The molecule has 2 aromatic carbocycles. The molecule has 0 radical (unpaired) electrons. The van der Waals surface area contributed by atoms with E-state index in [9.17, 15) is 14.4 Å². The van der Waals surface area contributed by atoms with Crippen LogP contribution in [0.15, 0.2) is 53.6 Å². The van der Waals surface area contributed by atoms with Gasteiger partial charge in [0.1, 0.15) is 5.75 Å². The van der Waals surface area contributed by atoms with E-state index in [-0.39, 0.29) is 12.5 Å². The largest absolute Gasteiger partial charge is 0.423 e. The Kier molecular flexibility index (Phi) is 14.4. The fourth-order valence-corrected chi connectivity index (χ4v) is 4.10. The Morgan fingerprint density at radius 2 is 1.50 bits per heavy atom. The van der Waals surface area contributed by atoms with Gasteiger partial charge in [-0.2, -0.15) is 5.10 Å². The summed E-state index contributed by atoms with van der Waals surface area (Å²) in [4.78, 5) is 36.1. The van der Waals surface area contributed by atoms with E-state index in [1.165, 1.54) is 44.7 Å². The van der Waals surface area contributed by atoms with Crippen LogP contribution >= 0.6 is 22.6 Å². The third-order valence-electron chi connectivity index (χ3n) is 5.54. The highest BCUT2D eigenvalue weighted by Gasteiger charge is 2.11.